The molecule has 19 heavy (non-hydrogen) atoms. The Morgan fingerprint density at radius 1 is 1.16 bits per heavy atom. The van der Waals surface area contributed by atoms with E-state index in [2.05, 4.69) is 54.7 Å². The molecule has 1 N–H and O–H groups in total. The van der Waals surface area contributed by atoms with Crippen LogP contribution in [0, 0.1) is 0 Å². The first kappa shape index (κ1) is 13.8. The van der Waals surface area contributed by atoms with Gasteiger partial charge in [-0.2, -0.15) is 5.10 Å². The second-order valence-electron chi connectivity index (χ2n) is 4.87. The Kier molecular flexibility index (Phi) is 5.16. The SMILES string of the molecule is CCCNCc1cccc(-c2cnn(CCC)c2)c1. The molecule has 0 atom stereocenters. The van der Waals surface area contributed by atoms with Crippen LogP contribution in [0.15, 0.2) is 36.7 Å². The molecule has 1 aromatic carbocycles. The molecular formula is C16H23N3. The Hall–Kier alpha value is -1.61. The Labute approximate surface area is 115 Å². The van der Waals surface area contributed by atoms with E-state index in [1.165, 1.54) is 23.1 Å². The fraction of sp³-hybridized carbons (Fsp3) is 0.438. The number of nitrogens with zero attached hydrogens (tertiary/aromatic N) is 2. The van der Waals surface area contributed by atoms with Crippen molar-refractivity contribution in [1.29, 1.82) is 0 Å². The molecule has 0 aliphatic heterocycles. The maximum absolute atomic E-state index is 4.39. The van der Waals surface area contributed by atoms with E-state index >= 15 is 0 Å². The molecule has 2 aromatic rings. The van der Waals surface area contributed by atoms with Crippen molar-refractivity contribution < 1.29 is 0 Å². The molecule has 1 heterocycles. The standard InChI is InChI=1S/C16H23N3/c1-3-8-17-11-14-6-5-7-15(10-14)16-12-18-19(13-16)9-4-2/h5-7,10,12-13,17H,3-4,8-9,11H2,1-2H3. The minimum absolute atomic E-state index is 0.935. The zero-order valence-corrected chi connectivity index (χ0v) is 11.9. The van der Waals surface area contributed by atoms with Gasteiger partial charge in [0.2, 0.25) is 0 Å². The lowest BCUT2D eigenvalue weighted by atomic mass is 10.1. The van der Waals surface area contributed by atoms with Crippen LogP contribution < -0.4 is 5.32 Å². The van der Waals surface area contributed by atoms with Crippen molar-refractivity contribution in [1.82, 2.24) is 15.1 Å². The van der Waals surface area contributed by atoms with Gasteiger partial charge in [0.25, 0.3) is 0 Å². The van der Waals surface area contributed by atoms with E-state index in [1.54, 1.807) is 0 Å². The first-order valence-corrected chi connectivity index (χ1v) is 7.16. The molecule has 0 saturated carbocycles. The number of hydrogen-bond donors (Lipinski definition) is 1. The lowest BCUT2D eigenvalue weighted by Gasteiger charge is -2.05. The summed E-state index contributed by atoms with van der Waals surface area (Å²) in [6.07, 6.45) is 6.36. The summed E-state index contributed by atoms with van der Waals surface area (Å²) in [6, 6.07) is 8.69. The van der Waals surface area contributed by atoms with Crippen LogP contribution in [0.3, 0.4) is 0 Å². The van der Waals surface area contributed by atoms with Crippen LogP contribution in [0.25, 0.3) is 11.1 Å². The molecule has 2 rings (SSSR count). The number of nitrogens with one attached hydrogen (secondary N) is 1. The van der Waals surface area contributed by atoms with Crippen LogP contribution in [-0.2, 0) is 13.1 Å². The van der Waals surface area contributed by atoms with Crippen LogP contribution in [-0.4, -0.2) is 16.3 Å². The summed E-state index contributed by atoms with van der Waals surface area (Å²) in [7, 11) is 0. The summed E-state index contributed by atoms with van der Waals surface area (Å²) in [6.45, 7) is 7.34. The number of aryl methyl sites for hydroxylation is 1. The molecule has 0 unspecified atom stereocenters. The van der Waals surface area contributed by atoms with Crippen LogP contribution in [0.2, 0.25) is 0 Å². The van der Waals surface area contributed by atoms with Gasteiger partial charge in [0.1, 0.15) is 0 Å². The number of aromatic nitrogens is 2. The highest BCUT2D eigenvalue weighted by Crippen LogP contribution is 2.19. The fourth-order valence-corrected chi connectivity index (χ4v) is 2.13. The summed E-state index contributed by atoms with van der Waals surface area (Å²) in [4.78, 5) is 0. The van der Waals surface area contributed by atoms with E-state index < -0.39 is 0 Å². The van der Waals surface area contributed by atoms with Crippen molar-refractivity contribution in [3.05, 3.63) is 42.2 Å². The maximum atomic E-state index is 4.39. The summed E-state index contributed by atoms with van der Waals surface area (Å²) in [5.41, 5.74) is 3.78. The van der Waals surface area contributed by atoms with E-state index in [9.17, 15) is 0 Å². The molecule has 1 aromatic heterocycles. The van der Waals surface area contributed by atoms with Gasteiger partial charge in [-0.25, -0.2) is 0 Å². The average molecular weight is 257 g/mol. The zero-order chi connectivity index (χ0) is 13.5. The Morgan fingerprint density at radius 3 is 2.84 bits per heavy atom. The molecule has 0 saturated heterocycles. The van der Waals surface area contributed by atoms with Crippen molar-refractivity contribution in [2.24, 2.45) is 0 Å². The predicted molar refractivity (Wildman–Crippen MR) is 80.0 cm³/mol. The Balaban J connectivity index is 2.08. The minimum atomic E-state index is 0.935. The molecule has 102 valence electrons. The number of rotatable bonds is 7. The third-order valence-electron chi connectivity index (χ3n) is 3.10. The molecule has 0 aliphatic carbocycles. The predicted octanol–water partition coefficient (Wildman–Crippen LogP) is 3.46. The normalized spacial score (nSPS) is 10.8. The molecule has 0 bridgehead atoms. The van der Waals surface area contributed by atoms with E-state index in [-0.39, 0.29) is 0 Å². The first-order valence-electron chi connectivity index (χ1n) is 7.16. The summed E-state index contributed by atoms with van der Waals surface area (Å²) >= 11 is 0. The van der Waals surface area contributed by atoms with Crippen molar-refractivity contribution in [3.8, 4) is 11.1 Å². The van der Waals surface area contributed by atoms with Gasteiger partial charge in [0.15, 0.2) is 0 Å². The van der Waals surface area contributed by atoms with Gasteiger partial charge in [0, 0.05) is 24.8 Å². The van der Waals surface area contributed by atoms with Crippen molar-refractivity contribution in [3.63, 3.8) is 0 Å². The second-order valence-corrected chi connectivity index (χ2v) is 4.87. The van der Waals surface area contributed by atoms with Crippen LogP contribution in [0.5, 0.6) is 0 Å². The zero-order valence-electron chi connectivity index (χ0n) is 11.9. The summed E-state index contributed by atoms with van der Waals surface area (Å²) in [5, 5.41) is 7.82. The van der Waals surface area contributed by atoms with Crippen LogP contribution >= 0.6 is 0 Å². The highest BCUT2D eigenvalue weighted by molar-refractivity contribution is 5.62. The molecule has 0 fully saturated rings. The summed E-state index contributed by atoms with van der Waals surface area (Å²) in [5.74, 6) is 0. The molecule has 0 aliphatic rings. The molecule has 0 spiro atoms. The van der Waals surface area contributed by atoms with E-state index in [0.717, 1.165) is 26.1 Å². The largest absolute Gasteiger partial charge is 0.313 e. The lowest BCUT2D eigenvalue weighted by Crippen LogP contribution is -2.13. The quantitative estimate of drug-likeness (QED) is 0.770. The van der Waals surface area contributed by atoms with Crippen molar-refractivity contribution in [2.75, 3.05) is 6.54 Å². The van der Waals surface area contributed by atoms with Gasteiger partial charge in [-0.3, -0.25) is 4.68 Å². The smallest absolute Gasteiger partial charge is 0.0568 e. The molecule has 3 nitrogen and oxygen atoms in total. The fourth-order valence-electron chi connectivity index (χ4n) is 2.13. The van der Waals surface area contributed by atoms with Gasteiger partial charge in [-0.15, -0.1) is 0 Å². The van der Waals surface area contributed by atoms with E-state index in [1.807, 2.05) is 10.9 Å². The third kappa shape index (κ3) is 3.93. The lowest BCUT2D eigenvalue weighted by molar-refractivity contribution is 0.603. The van der Waals surface area contributed by atoms with Gasteiger partial charge in [-0.05, 0) is 36.6 Å². The molecule has 0 radical (unpaired) electrons. The van der Waals surface area contributed by atoms with Gasteiger partial charge >= 0.3 is 0 Å². The average Bonchev–Trinajstić information content (AvgIpc) is 2.89. The maximum Gasteiger partial charge on any atom is 0.0568 e. The van der Waals surface area contributed by atoms with Gasteiger partial charge in [0.05, 0.1) is 6.20 Å². The topological polar surface area (TPSA) is 29.9 Å². The molecule has 3 heteroatoms. The van der Waals surface area contributed by atoms with Gasteiger partial charge < -0.3 is 5.32 Å². The van der Waals surface area contributed by atoms with Crippen molar-refractivity contribution >= 4 is 0 Å². The van der Waals surface area contributed by atoms with Gasteiger partial charge in [-0.1, -0.05) is 32.0 Å². The van der Waals surface area contributed by atoms with Crippen LogP contribution in [0.4, 0.5) is 0 Å². The highest BCUT2D eigenvalue weighted by Gasteiger charge is 2.02. The van der Waals surface area contributed by atoms with E-state index in [4.69, 9.17) is 0 Å². The number of hydrogen-bond acceptors (Lipinski definition) is 2. The monoisotopic (exact) mass is 257 g/mol. The third-order valence-corrected chi connectivity index (χ3v) is 3.10. The Bertz CT molecular complexity index is 502. The van der Waals surface area contributed by atoms with Crippen molar-refractivity contribution in [2.45, 2.75) is 39.8 Å². The number of benzene rings is 1. The van der Waals surface area contributed by atoms with Crippen LogP contribution in [0.1, 0.15) is 32.3 Å². The van der Waals surface area contributed by atoms with E-state index in [0.29, 0.717) is 0 Å². The summed E-state index contributed by atoms with van der Waals surface area (Å²) < 4.78 is 2.01. The minimum Gasteiger partial charge on any atom is -0.313 e. The second kappa shape index (κ2) is 7.10. The Morgan fingerprint density at radius 2 is 2.05 bits per heavy atom. The molecular weight excluding hydrogens is 234 g/mol. The first-order chi connectivity index (χ1) is 9.33. The highest BCUT2D eigenvalue weighted by atomic mass is 15.3. The molecule has 0 amide bonds.